The van der Waals surface area contributed by atoms with Gasteiger partial charge in [0.05, 0.1) is 27.0 Å². The minimum Gasteiger partial charge on any atom is -0.475 e. The Morgan fingerprint density at radius 1 is 0.935 bits per heavy atom. The highest BCUT2D eigenvalue weighted by Crippen LogP contribution is 2.36. The van der Waals surface area contributed by atoms with Gasteiger partial charge in [0.1, 0.15) is 17.7 Å². The lowest BCUT2D eigenvalue weighted by molar-refractivity contribution is -0.192. The molecule has 46 heavy (non-hydrogen) atoms. The van der Waals surface area contributed by atoms with Crippen molar-refractivity contribution in [3.63, 3.8) is 0 Å². The van der Waals surface area contributed by atoms with Crippen LogP contribution >= 0.6 is 11.3 Å². The van der Waals surface area contributed by atoms with E-state index in [-0.39, 0.29) is 0 Å². The van der Waals surface area contributed by atoms with Gasteiger partial charge in [0.15, 0.2) is 0 Å². The van der Waals surface area contributed by atoms with E-state index >= 15 is 0 Å². The van der Waals surface area contributed by atoms with Gasteiger partial charge in [-0.2, -0.15) is 31.6 Å². The first-order valence-corrected chi connectivity index (χ1v) is 14.5. The van der Waals surface area contributed by atoms with E-state index in [0.29, 0.717) is 22.4 Å². The number of piperazine rings is 1. The van der Waals surface area contributed by atoms with Gasteiger partial charge in [-0.1, -0.05) is 24.3 Å². The summed E-state index contributed by atoms with van der Waals surface area (Å²) in [6, 6.07) is 21.8. The van der Waals surface area contributed by atoms with Gasteiger partial charge in [0.2, 0.25) is 0 Å². The molecular formula is C31H24F6N6O2S. The summed E-state index contributed by atoms with van der Waals surface area (Å²) < 4.78 is 70.9. The van der Waals surface area contributed by atoms with Crippen LogP contribution < -0.4 is 4.90 Å². The van der Waals surface area contributed by atoms with Gasteiger partial charge in [0.25, 0.3) is 0 Å². The zero-order valence-electron chi connectivity index (χ0n) is 23.7. The topological polar surface area (TPSA) is 109 Å². The van der Waals surface area contributed by atoms with Gasteiger partial charge in [-0.25, -0.2) is 14.8 Å². The molecule has 1 aliphatic heterocycles. The smallest absolute Gasteiger partial charge is 0.475 e. The van der Waals surface area contributed by atoms with E-state index in [1.807, 2.05) is 18.2 Å². The predicted molar refractivity (Wildman–Crippen MR) is 160 cm³/mol. The third-order valence-corrected chi connectivity index (χ3v) is 8.25. The molecular weight excluding hydrogens is 634 g/mol. The van der Waals surface area contributed by atoms with E-state index < -0.39 is 23.9 Å². The Kier molecular flexibility index (Phi) is 9.31. The van der Waals surface area contributed by atoms with Crippen molar-refractivity contribution >= 4 is 34.2 Å². The Morgan fingerprint density at radius 2 is 1.61 bits per heavy atom. The molecule has 6 rings (SSSR count). The summed E-state index contributed by atoms with van der Waals surface area (Å²) >= 11 is 1.55. The minimum absolute atomic E-state index is 0.369. The molecule has 3 aromatic heterocycles. The first-order valence-electron chi connectivity index (χ1n) is 13.7. The van der Waals surface area contributed by atoms with Crippen LogP contribution in [0.5, 0.6) is 0 Å². The second-order valence-corrected chi connectivity index (χ2v) is 11.3. The largest absolute Gasteiger partial charge is 0.490 e. The summed E-state index contributed by atoms with van der Waals surface area (Å²) in [4.78, 5) is 27.4. The van der Waals surface area contributed by atoms with Crippen LogP contribution in [0.3, 0.4) is 0 Å². The molecule has 0 atom stereocenters. The third kappa shape index (κ3) is 7.82. The van der Waals surface area contributed by atoms with Crippen molar-refractivity contribution in [1.82, 2.24) is 19.9 Å². The molecule has 5 aromatic rings. The predicted octanol–water partition coefficient (Wildman–Crippen LogP) is 7.20. The number of carbonyl (C=O) groups is 1. The monoisotopic (exact) mass is 658 g/mol. The van der Waals surface area contributed by atoms with Crippen LogP contribution in [-0.2, 0) is 17.5 Å². The van der Waals surface area contributed by atoms with Gasteiger partial charge in [0, 0.05) is 43.8 Å². The minimum atomic E-state index is -5.08. The molecule has 1 saturated heterocycles. The molecule has 15 heteroatoms. The highest BCUT2D eigenvalue weighted by Gasteiger charge is 2.38. The molecule has 238 valence electrons. The number of rotatable bonds is 5. The normalized spacial score (nSPS) is 14.1. The van der Waals surface area contributed by atoms with Crippen LogP contribution in [0.15, 0.2) is 72.9 Å². The fraction of sp³-hybridized carbons (Fsp3) is 0.226. The standard InChI is InChI=1S/C29H23F3N6S.C2HF3O2/c30-29(31,32)22-6-7-23-24(15-22)36-28(35-23)26-9-8-25(39-26)21-4-1-19(2-5-21)18-37-11-13-38(14-12-37)27-10-3-20(16-33)17-34-27;3-2(4,5)1(6)7/h1-10,15,17H,11-14,18H2,(H,35,36);(H,6,7). The van der Waals surface area contributed by atoms with E-state index in [9.17, 15) is 26.3 Å². The number of aliphatic carboxylic acids is 1. The molecule has 2 aromatic carbocycles. The highest BCUT2D eigenvalue weighted by molar-refractivity contribution is 7.18. The summed E-state index contributed by atoms with van der Waals surface area (Å²) in [5.74, 6) is -1.29. The number of benzene rings is 2. The van der Waals surface area contributed by atoms with Crippen LogP contribution in [0.2, 0.25) is 0 Å². The van der Waals surface area contributed by atoms with Gasteiger partial charge in [-0.3, -0.25) is 4.90 Å². The number of hydrogen-bond acceptors (Lipinski definition) is 7. The lowest BCUT2D eigenvalue weighted by Crippen LogP contribution is -2.46. The van der Waals surface area contributed by atoms with E-state index in [1.54, 1.807) is 23.6 Å². The number of aromatic amines is 1. The van der Waals surface area contributed by atoms with Crippen LogP contribution in [0.4, 0.5) is 32.2 Å². The average molecular weight is 659 g/mol. The maximum atomic E-state index is 13.1. The molecule has 4 heterocycles. The average Bonchev–Trinajstić information content (AvgIpc) is 3.69. The number of nitrogens with one attached hydrogen (secondary N) is 1. The van der Waals surface area contributed by atoms with Crippen LogP contribution in [0, 0.1) is 11.3 Å². The van der Waals surface area contributed by atoms with Crippen molar-refractivity contribution < 1.29 is 36.2 Å². The maximum Gasteiger partial charge on any atom is 0.490 e. The van der Waals surface area contributed by atoms with Crippen molar-refractivity contribution in [3.05, 3.63) is 89.6 Å². The van der Waals surface area contributed by atoms with E-state index in [2.05, 4.69) is 55.1 Å². The lowest BCUT2D eigenvalue weighted by Gasteiger charge is -2.35. The van der Waals surface area contributed by atoms with E-state index in [1.165, 1.54) is 11.6 Å². The number of imidazole rings is 1. The fourth-order valence-electron chi connectivity index (χ4n) is 4.73. The molecule has 1 fully saturated rings. The number of fused-ring (bicyclic) bond motifs is 1. The first kappa shape index (κ1) is 32.5. The maximum absolute atomic E-state index is 13.1. The number of carboxylic acid groups (broad SMARTS) is 1. The molecule has 0 unspecified atom stereocenters. The van der Waals surface area contributed by atoms with Crippen molar-refractivity contribution in [1.29, 1.82) is 5.26 Å². The number of pyridine rings is 1. The van der Waals surface area contributed by atoms with Gasteiger partial charge in [-0.05, 0) is 53.6 Å². The van der Waals surface area contributed by atoms with Crippen LogP contribution in [0.25, 0.3) is 32.2 Å². The molecule has 8 nitrogen and oxygen atoms in total. The fourth-order valence-corrected chi connectivity index (χ4v) is 5.69. The van der Waals surface area contributed by atoms with E-state index in [0.717, 1.165) is 66.0 Å². The summed E-state index contributed by atoms with van der Waals surface area (Å²) in [5.41, 5.74) is 3.07. The number of hydrogen-bond donors (Lipinski definition) is 2. The highest BCUT2D eigenvalue weighted by atomic mass is 32.1. The number of carboxylic acids is 1. The van der Waals surface area contributed by atoms with Crippen molar-refractivity contribution in [2.75, 3.05) is 31.1 Å². The summed E-state index contributed by atoms with van der Waals surface area (Å²) in [5, 5.41) is 16.1. The number of alkyl halides is 6. The van der Waals surface area contributed by atoms with Crippen molar-refractivity contribution in [2.24, 2.45) is 0 Å². The number of nitrogens with zero attached hydrogens (tertiary/aromatic N) is 5. The second-order valence-electron chi connectivity index (χ2n) is 10.3. The number of halogens is 6. The van der Waals surface area contributed by atoms with E-state index in [4.69, 9.17) is 15.2 Å². The number of aromatic nitrogens is 3. The van der Waals surface area contributed by atoms with Gasteiger partial charge >= 0.3 is 18.3 Å². The number of thiophene rings is 1. The molecule has 0 radical (unpaired) electrons. The van der Waals surface area contributed by atoms with Crippen molar-refractivity contribution in [3.8, 4) is 27.2 Å². The lowest BCUT2D eigenvalue weighted by atomic mass is 10.1. The van der Waals surface area contributed by atoms with Crippen LogP contribution in [-0.4, -0.2) is 63.3 Å². The molecule has 0 saturated carbocycles. The zero-order chi connectivity index (χ0) is 33.1. The molecule has 0 spiro atoms. The molecule has 1 aliphatic rings. The van der Waals surface area contributed by atoms with Gasteiger partial charge in [-0.15, -0.1) is 11.3 Å². The Morgan fingerprint density at radius 3 is 2.20 bits per heavy atom. The summed E-state index contributed by atoms with van der Waals surface area (Å²) in [6.07, 6.45) is -7.86. The summed E-state index contributed by atoms with van der Waals surface area (Å²) in [6.45, 7) is 4.49. The quantitative estimate of drug-likeness (QED) is 0.192. The number of nitriles is 1. The Hall–Kier alpha value is -4.94. The molecule has 0 bridgehead atoms. The Bertz CT molecular complexity index is 1850. The van der Waals surface area contributed by atoms with Gasteiger partial charge < -0.3 is 15.0 Å². The van der Waals surface area contributed by atoms with Crippen LogP contribution in [0.1, 0.15) is 16.7 Å². The first-order chi connectivity index (χ1) is 21.8. The third-order valence-electron chi connectivity index (χ3n) is 7.11. The zero-order valence-corrected chi connectivity index (χ0v) is 24.5. The molecule has 2 N–H and O–H groups in total. The van der Waals surface area contributed by atoms with Crippen molar-refractivity contribution in [2.45, 2.75) is 18.9 Å². The summed E-state index contributed by atoms with van der Waals surface area (Å²) in [7, 11) is 0. The molecule has 0 amide bonds. The number of H-pyrrole nitrogens is 1. The molecule has 0 aliphatic carbocycles. The Balaban J connectivity index is 0.000000537. The number of anilines is 1. The SMILES string of the molecule is N#Cc1ccc(N2CCN(Cc3ccc(-c4ccc(-c5nc6ccc(C(F)(F)F)cc6[nH]5)s4)cc3)CC2)nc1.O=C(O)C(F)(F)F. The Labute approximate surface area is 262 Å². The second kappa shape index (κ2) is 13.2.